The molecule has 4 aromatic rings. The first-order chi connectivity index (χ1) is 12.9. The lowest BCUT2D eigenvalue weighted by Crippen LogP contribution is -1.98. The molecule has 4 heteroatoms. The maximum atomic E-state index is 4.79. The fourth-order valence-corrected chi connectivity index (χ4v) is 3.27. The van der Waals surface area contributed by atoms with E-state index in [0.29, 0.717) is 5.95 Å². The molecule has 3 nitrogen and oxygen atoms in total. The molecule has 0 aliphatic rings. The minimum Gasteiger partial charge on any atom is -0.294 e. The van der Waals surface area contributed by atoms with Gasteiger partial charge in [0.1, 0.15) is 0 Å². The van der Waals surface area contributed by atoms with Crippen LogP contribution in [0.2, 0.25) is 0 Å². The third-order valence-corrected chi connectivity index (χ3v) is 4.72. The van der Waals surface area contributed by atoms with Crippen LogP contribution in [0.4, 0.5) is 5.95 Å². The minimum atomic E-state index is 0.595. The van der Waals surface area contributed by atoms with Crippen LogP contribution in [0.5, 0.6) is 0 Å². The van der Waals surface area contributed by atoms with Gasteiger partial charge in [0.2, 0.25) is 5.95 Å². The van der Waals surface area contributed by atoms with Crippen molar-refractivity contribution in [3.05, 3.63) is 97.2 Å². The zero-order valence-electron chi connectivity index (χ0n) is 14.0. The Hall–Kier alpha value is -3.11. The summed E-state index contributed by atoms with van der Waals surface area (Å²) in [5.41, 5.74) is 4.12. The van der Waals surface area contributed by atoms with E-state index in [1.54, 1.807) is 0 Å². The molecule has 0 amide bonds. The molecule has 0 unspecified atom stereocenters. The van der Waals surface area contributed by atoms with Crippen molar-refractivity contribution in [2.45, 2.75) is 4.90 Å². The van der Waals surface area contributed by atoms with Crippen LogP contribution in [0.1, 0.15) is 0 Å². The van der Waals surface area contributed by atoms with E-state index in [9.17, 15) is 0 Å². The first-order valence-corrected chi connectivity index (χ1v) is 9.17. The van der Waals surface area contributed by atoms with Crippen molar-refractivity contribution in [2.75, 3.05) is 4.72 Å². The summed E-state index contributed by atoms with van der Waals surface area (Å²) >= 11 is 1.50. The van der Waals surface area contributed by atoms with E-state index in [1.165, 1.54) is 11.9 Å². The zero-order valence-corrected chi connectivity index (χ0v) is 14.9. The zero-order chi connectivity index (χ0) is 17.6. The molecule has 0 aliphatic heterocycles. The predicted octanol–water partition coefficient (Wildman–Crippen LogP) is 5.93. The second-order valence-corrected chi connectivity index (χ2v) is 6.58. The summed E-state index contributed by atoms with van der Waals surface area (Å²) in [5.74, 6) is 0.595. The SMILES string of the molecule is c1ccc(SNc2ncc(-c3ccccc3)c(-c3ccccc3)n2)cc1. The third kappa shape index (κ3) is 3.76. The Morgan fingerprint density at radius 1 is 0.654 bits per heavy atom. The van der Waals surface area contributed by atoms with Crippen LogP contribution < -0.4 is 4.72 Å². The first kappa shape index (κ1) is 16.4. The topological polar surface area (TPSA) is 37.8 Å². The molecule has 0 fully saturated rings. The lowest BCUT2D eigenvalue weighted by molar-refractivity contribution is 1.19. The molecule has 0 saturated carbocycles. The van der Waals surface area contributed by atoms with E-state index >= 15 is 0 Å². The molecule has 0 radical (unpaired) electrons. The normalized spacial score (nSPS) is 10.5. The van der Waals surface area contributed by atoms with Gasteiger partial charge >= 0.3 is 0 Å². The standard InChI is InChI=1S/C22H17N3S/c1-4-10-17(11-5-1)20-16-23-22(25-26-19-14-8-3-9-15-19)24-21(20)18-12-6-2-7-13-18/h1-16H,(H,23,24,25). The third-order valence-electron chi connectivity index (χ3n) is 3.92. The van der Waals surface area contributed by atoms with Gasteiger partial charge in [0.05, 0.1) is 5.69 Å². The fraction of sp³-hybridized carbons (Fsp3) is 0. The average Bonchev–Trinajstić information content (AvgIpc) is 2.74. The van der Waals surface area contributed by atoms with Crippen molar-refractivity contribution < 1.29 is 0 Å². The highest BCUT2D eigenvalue weighted by molar-refractivity contribution is 8.00. The highest BCUT2D eigenvalue weighted by atomic mass is 32.2. The van der Waals surface area contributed by atoms with E-state index in [2.05, 4.69) is 34.0 Å². The lowest BCUT2D eigenvalue weighted by atomic mass is 10.0. The Kier molecular flexibility index (Phi) is 4.94. The van der Waals surface area contributed by atoms with Crippen molar-refractivity contribution >= 4 is 17.9 Å². The van der Waals surface area contributed by atoms with Gasteiger partial charge in [-0.1, -0.05) is 78.9 Å². The Labute approximate surface area is 157 Å². The number of hydrogen-bond acceptors (Lipinski definition) is 4. The molecule has 0 saturated heterocycles. The Balaban J connectivity index is 1.70. The van der Waals surface area contributed by atoms with Gasteiger partial charge in [0.15, 0.2) is 0 Å². The van der Waals surface area contributed by atoms with E-state index < -0.39 is 0 Å². The van der Waals surface area contributed by atoms with E-state index in [-0.39, 0.29) is 0 Å². The Bertz CT molecular complexity index is 974. The summed E-state index contributed by atoms with van der Waals surface area (Å²) in [5, 5.41) is 0. The van der Waals surface area contributed by atoms with Crippen molar-refractivity contribution in [3.63, 3.8) is 0 Å². The van der Waals surface area contributed by atoms with Crippen LogP contribution >= 0.6 is 11.9 Å². The molecule has 26 heavy (non-hydrogen) atoms. The maximum Gasteiger partial charge on any atom is 0.233 e. The molecule has 1 heterocycles. The van der Waals surface area contributed by atoms with Crippen LogP contribution in [-0.4, -0.2) is 9.97 Å². The van der Waals surface area contributed by atoms with Crippen molar-refractivity contribution in [3.8, 4) is 22.4 Å². The molecule has 0 bridgehead atoms. The average molecular weight is 355 g/mol. The van der Waals surface area contributed by atoms with Crippen molar-refractivity contribution in [2.24, 2.45) is 0 Å². The van der Waals surface area contributed by atoms with Crippen LogP contribution in [-0.2, 0) is 0 Å². The van der Waals surface area contributed by atoms with E-state index in [1.807, 2.05) is 72.9 Å². The number of nitrogens with one attached hydrogen (secondary N) is 1. The maximum absolute atomic E-state index is 4.79. The van der Waals surface area contributed by atoms with Gasteiger partial charge in [-0.3, -0.25) is 4.72 Å². The van der Waals surface area contributed by atoms with Gasteiger partial charge in [0, 0.05) is 22.2 Å². The molecule has 126 valence electrons. The predicted molar refractivity (Wildman–Crippen MR) is 109 cm³/mol. The number of benzene rings is 3. The molecule has 0 aliphatic carbocycles. The summed E-state index contributed by atoms with van der Waals surface area (Å²) in [4.78, 5) is 10.4. The smallest absolute Gasteiger partial charge is 0.233 e. The Morgan fingerprint density at radius 2 is 1.23 bits per heavy atom. The molecule has 0 spiro atoms. The van der Waals surface area contributed by atoms with E-state index in [0.717, 1.165) is 27.3 Å². The fourth-order valence-electron chi connectivity index (χ4n) is 2.67. The van der Waals surface area contributed by atoms with Gasteiger partial charge < -0.3 is 0 Å². The Morgan fingerprint density at radius 3 is 1.88 bits per heavy atom. The van der Waals surface area contributed by atoms with Crippen LogP contribution in [0.25, 0.3) is 22.4 Å². The number of rotatable bonds is 5. The first-order valence-electron chi connectivity index (χ1n) is 8.36. The van der Waals surface area contributed by atoms with Gasteiger partial charge in [-0.15, -0.1) is 0 Å². The second kappa shape index (κ2) is 7.85. The molecular formula is C22H17N3S. The quantitative estimate of drug-likeness (QED) is 0.450. The number of anilines is 1. The van der Waals surface area contributed by atoms with Crippen LogP contribution in [0.3, 0.4) is 0 Å². The van der Waals surface area contributed by atoms with Crippen molar-refractivity contribution in [1.29, 1.82) is 0 Å². The summed E-state index contributed by atoms with van der Waals surface area (Å²) in [6, 6.07) is 30.6. The molecule has 1 N–H and O–H groups in total. The van der Waals surface area contributed by atoms with Gasteiger partial charge in [-0.2, -0.15) is 0 Å². The summed E-state index contributed by atoms with van der Waals surface area (Å²) in [6.07, 6.45) is 1.89. The summed E-state index contributed by atoms with van der Waals surface area (Å²) in [6.45, 7) is 0. The lowest BCUT2D eigenvalue weighted by Gasteiger charge is -2.11. The number of nitrogens with zero attached hydrogens (tertiary/aromatic N) is 2. The molecule has 4 rings (SSSR count). The van der Waals surface area contributed by atoms with E-state index in [4.69, 9.17) is 4.98 Å². The summed E-state index contributed by atoms with van der Waals surface area (Å²) < 4.78 is 3.24. The monoisotopic (exact) mass is 355 g/mol. The second-order valence-electron chi connectivity index (χ2n) is 5.71. The molecule has 3 aromatic carbocycles. The number of aromatic nitrogens is 2. The molecular weight excluding hydrogens is 338 g/mol. The molecule has 0 atom stereocenters. The van der Waals surface area contributed by atoms with Crippen LogP contribution in [0, 0.1) is 0 Å². The van der Waals surface area contributed by atoms with Gasteiger partial charge in [0.25, 0.3) is 0 Å². The molecule has 1 aromatic heterocycles. The highest BCUT2D eigenvalue weighted by Crippen LogP contribution is 2.31. The largest absolute Gasteiger partial charge is 0.294 e. The summed E-state index contributed by atoms with van der Waals surface area (Å²) in [7, 11) is 0. The van der Waals surface area contributed by atoms with Gasteiger partial charge in [-0.05, 0) is 29.6 Å². The number of hydrogen-bond donors (Lipinski definition) is 1. The highest BCUT2D eigenvalue weighted by Gasteiger charge is 2.11. The minimum absolute atomic E-state index is 0.595. The van der Waals surface area contributed by atoms with Crippen molar-refractivity contribution in [1.82, 2.24) is 9.97 Å². The van der Waals surface area contributed by atoms with Gasteiger partial charge in [-0.25, -0.2) is 9.97 Å². The van der Waals surface area contributed by atoms with Crippen LogP contribution in [0.15, 0.2) is 102 Å².